The van der Waals surface area contributed by atoms with Crippen LogP contribution >= 0.6 is 11.3 Å². The highest BCUT2D eigenvalue weighted by molar-refractivity contribution is 7.20. The normalized spacial score (nSPS) is 14.6. The minimum Gasteiger partial charge on any atom is -0.493 e. The van der Waals surface area contributed by atoms with Crippen LogP contribution in [-0.2, 0) is 0 Å². The predicted molar refractivity (Wildman–Crippen MR) is 113 cm³/mol. The SMILES string of the molecule is COc1cccc(NC(=O)N2CCC(Oc3nc4c(F)cccc4s3)CC2)c1OC. The van der Waals surface area contributed by atoms with Crippen LogP contribution in [0, 0.1) is 5.82 Å². The maximum atomic E-state index is 13.8. The van der Waals surface area contributed by atoms with Crippen molar-refractivity contribution in [2.24, 2.45) is 0 Å². The molecular formula is C21H22FN3O4S. The zero-order chi connectivity index (χ0) is 21.1. The molecule has 0 saturated carbocycles. The van der Waals surface area contributed by atoms with Gasteiger partial charge in [0.15, 0.2) is 11.5 Å². The number of ether oxygens (including phenoxy) is 3. The van der Waals surface area contributed by atoms with E-state index in [1.807, 2.05) is 6.07 Å². The first-order valence-electron chi connectivity index (χ1n) is 9.57. The predicted octanol–water partition coefficient (Wildman–Crippen LogP) is 4.53. The molecule has 0 atom stereocenters. The summed E-state index contributed by atoms with van der Waals surface area (Å²) in [6.45, 7) is 1.09. The molecule has 1 fully saturated rings. The van der Waals surface area contributed by atoms with Crippen LogP contribution in [0.3, 0.4) is 0 Å². The van der Waals surface area contributed by atoms with E-state index in [0.717, 1.165) is 4.70 Å². The summed E-state index contributed by atoms with van der Waals surface area (Å²) in [5.41, 5.74) is 0.887. The number of fused-ring (bicyclic) bond motifs is 1. The highest BCUT2D eigenvalue weighted by atomic mass is 32.1. The molecule has 1 aliphatic rings. The number of benzene rings is 2. The number of nitrogens with zero attached hydrogens (tertiary/aromatic N) is 2. The summed E-state index contributed by atoms with van der Waals surface area (Å²) in [5.74, 6) is 0.683. The van der Waals surface area contributed by atoms with Crippen molar-refractivity contribution in [2.75, 3.05) is 32.6 Å². The number of anilines is 1. The summed E-state index contributed by atoms with van der Waals surface area (Å²) in [6.07, 6.45) is 1.27. The smallest absolute Gasteiger partial charge is 0.321 e. The van der Waals surface area contributed by atoms with Crippen LogP contribution in [-0.4, -0.2) is 49.3 Å². The minimum absolute atomic E-state index is 0.0657. The minimum atomic E-state index is -0.349. The van der Waals surface area contributed by atoms with E-state index in [2.05, 4.69) is 10.3 Å². The summed E-state index contributed by atoms with van der Waals surface area (Å²) < 4.78 is 31.2. The van der Waals surface area contributed by atoms with Crippen LogP contribution in [0.4, 0.5) is 14.9 Å². The fourth-order valence-corrected chi connectivity index (χ4v) is 4.34. The number of aromatic nitrogens is 1. The molecule has 2 heterocycles. The van der Waals surface area contributed by atoms with E-state index in [1.165, 1.54) is 24.5 Å². The number of carbonyl (C=O) groups is 1. The molecular weight excluding hydrogens is 409 g/mol. The van der Waals surface area contributed by atoms with Crippen molar-refractivity contribution in [3.8, 4) is 16.7 Å². The molecule has 0 bridgehead atoms. The number of methoxy groups -OCH3 is 2. The second-order valence-electron chi connectivity index (χ2n) is 6.84. The number of para-hydroxylation sites is 2. The van der Waals surface area contributed by atoms with Crippen LogP contribution in [0.2, 0.25) is 0 Å². The maximum absolute atomic E-state index is 13.8. The van der Waals surface area contributed by atoms with Gasteiger partial charge in [-0.3, -0.25) is 0 Å². The number of thiazole rings is 1. The van der Waals surface area contributed by atoms with Gasteiger partial charge in [0, 0.05) is 25.9 Å². The van der Waals surface area contributed by atoms with E-state index >= 15 is 0 Å². The Morgan fingerprint density at radius 3 is 2.63 bits per heavy atom. The van der Waals surface area contributed by atoms with Gasteiger partial charge in [-0.2, -0.15) is 4.98 Å². The van der Waals surface area contributed by atoms with Crippen molar-refractivity contribution >= 4 is 33.3 Å². The van der Waals surface area contributed by atoms with Crippen LogP contribution < -0.4 is 19.5 Å². The summed E-state index contributed by atoms with van der Waals surface area (Å²) in [4.78, 5) is 18.7. The lowest BCUT2D eigenvalue weighted by Crippen LogP contribution is -2.43. The molecule has 0 spiro atoms. The number of rotatable bonds is 5. The molecule has 2 aromatic carbocycles. The van der Waals surface area contributed by atoms with E-state index in [1.54, 1.807) is 36.3 Å². The van der Waals surface area contributed by atoms with Gasteiger partial charge in [0.25, 0.3) is 5.19 Å². The third-order valence-electron chi connectivity index (χ3n) is 4.99. The highest BCUT2D eigenvalue weighted by Gasteiger charge is 2.26. The quantitative estimate of drug-likeness (QED) is 0.643. The molecule has 0 radical (unpaired) electrons. The highest BCUT2D eigenvalue weighted by Crippen LogP contribution is 2.35. The molecule has 1 aromatic heterocycles. The fraction of sp³-hybridized carbons (Fsp3) is 0.333. The second-order valence-corrected chi connectivity index (χ2v) is 7.84. The number of piperidine rings is 1. The Morgan fingerprint density at radius 1 is 1.17 bits per heavy atom. The topological polar surface area (TPSA) is 72.9 Å². The van der Waals surface area contributed by atoms with Crippen LogP contribution in [0.5, 0.6) is 16.7 Å². The zero-order valence-corrected chi connectivity index (χ0v) is 17.5. The van der Waals surface area contributed by atoms with E-state index in [-0.39, 0.29) is 18.0 Å². The van der Waals surface area contributed by atoms with Crippen molar-refractivity contribution in [3.05, 3.63) is 42.2 Å². The van der Waals surface area contributed by atoms with E-state index in [0.29, 0.717) is 53.8 Å². The Hall–Kier alpha value is -3.07. The molecule has 9 heteroatoms. The maximum Gasteiger partial charge on any atom is 0.321 e. The lowest BCUT2D eigenvalue weighted by Gasteiger charge is -2.31. The molecule has 4 rings (SSSR count). The average molecular weight is 431 g/mol. The van der Waals surface area contributed by atoms with Gasteiger partial charge in [0.05, 0.1) is 24.6 Å². The molecule has 7 nitrogen and oxygen atoms in total. The standard InChI is InChI=1S/C21H22FN3O4S/c1-27-16-7-4-6-15(19(16)28-2)23-20(26)25-11-9-13(10-12-25)29-21-24-18-14(22)5-3-8-17(18)30-21/h3-8,13H,9-12H2,1-2H3,(H,23,26). The average Bonchev–Trinajstić information content (AvgIpc) is 3.18. The molecule has 1 aliphatic heterocycles. The van der Waals surface area contributed by atoms with Crippen molar-refractivity contribution in [3.63, 3.8) is 0 Å². The number of hydrogen-bond donors (Lipinski definition) is 1. The van der Waals surface area contributed by atoms with E-state index in [9.17, 15) is 9.18 Å². The third kappa shape index (κ3) is 4.11. The Labute approximate surface area is 177 Å². The fourth-order valence-electron chi connectivity index (χ4n) is 3.44. The Balaban J connectivity index is 1.35. The third-order valence-corrected chi connectivity index (χ3v) is 5.90. The van der Waals surface area contributed by atoms with Gasteiger partial charge in [-0.05, 0) is 24.3 Å². The molecule has 0 unspecified atom stereocenters. The first kappa shape index (κ1) is 20.2. The van der Waals surface area contributed by atoms with Crippen molar-refractivity contribution in [1.82, 2.24) is 9.88 Å². The van der Waals surface area contributed by atoms with Gasteiger partial charge in [0.2, 0.25) is 0 Å². The Kier molecular flexibility index (Phi) is 5.89. The molecule has 1 N–H and O–H groups in total. The molecule has 0 aliphatic carbocycles. The van der Waals surface area contributed by atoms with Gasteiger partial charge in [-0.15, -0.1) is 0 Å². The first-order valence-corrected chi connectivity index (χ1v) is 10.4. The van der Waals surface area contributed by atoms with Crippen molar-refractivity contribution < 1.29 is 23.4 Å². The van der Waals surface area contributed by atoms with Gasteiger partial charge in [-0.1, -0.05) is 23.5 Å². The van der Waals surface area contributed by atoms with Crippen molar-refractivity contribution in [2.45, 2.75) is 18.9 Å². The first-order chi connectivity index (χ1) is 14.6. The number of halogens is 1. The lowest BCUT2D eigenvalue weighted by molar-refractivity contribution is 0.115. The van der Waals surface area contributed by atoms with Crippen LogP contribution in [0.1, 0.15) is 12.8 Å². The van der Waals surface area contributed by atoms with E-state index < -0.39 is 0 Å². The Bertz CT molecular complexity index is 1050. The molecule has 3 aromatic rings. The number of nitrogens with one attached hydrogen (secondary N) is 1. The Morgan fingerprint density at radius 2 is 1.93 bits per heavy atom. The van der Waals surface area contributed by atoms with Gasteiger partial charge >= 0.3 is 6.03 Å². The molecule has 158 valence electrons. The molecule has 1 saturated heterocycles. The van der Waals surface area contributed by atoms with E-state index in [4.69, 9.17) is 14.2 Å². The number of carbonyl (C=O) groups excluding carboxylic acids is 1. The number of amides is 2. The lowest BCUT2D eigenvalue weighted by atomic mass is 10.1. The van der Waals surface area contributed by atoms with Crippen LogP contribution in [0.15, 0.2) is 36.4 Å². The van der Waals surface area contributed by atoms with Gasteiger partial charge in [0.1, 0.15) is 17.4 Å². The number of likely N-dealkylation sites (tertiary alicyclic amines) is 1. The largest absolute Gasteiger partial charge is 0.493 e. The van der Waals surface area contributed by atoms with Gasteiger partial charge < -0.3 is 24.4 Å². The number of urea groups is 1. The monoisotopic (exact) mass is 431 g/mol. The summed E-state index contributed by atoms with van der Waals surface area (Å²) in [6, 6.07) is 9.99. The number of hydrogen-bond acceptors (Lipinski definition) is 6. The van der Waals surface area contributed by atoms with Crippen molar-refractivity contribution in [1.29, 1.82) is 0 Å². The summed E-state index contributed by atoms with van der Waals surface area (Å²) in [7, 11) is 3.08. The zero-order valence-electron chi connectivity index (χ0n) is 16.7. The summed E-state index contributed by atoms with van der Waals surface area (Å²) in [5, 5.41) is 3.34. The summed E-state index contributed by atoms with van der Waals surface area (Å²) >= 11 is 1.33. The molecule has 2 amide bonds. The second kappa shape index (κ2) is 8.74. The van der Waals surface area contributed by atoms with Crippen LogP contribution in [0.25, 0.3) is 10.2 Å². The van der Waals surface area contributed by atoms with Gasteiger partial charge in [-0.25, -0.2) is 9.18 Å². The molecule has 30 heavy (non-hydrogen) atoms.